The summed E-state index contributed by atoms with van der Waals surface area (Å²) in [6.45, 7) is 1.87. The van der Waals surface area contributed by atoms with Crippen molar-refractivity contribution in [2.75, 3.05) is 25.9 Å². The Morgan fingerprint density at radius 2 is 1.90 bits per heavy atom. The number of piperazine rings is 1. The predicted molar refractivity (Wildman–Crippen MR) is 119 cm³/mol. The summed E-state index contributed by atoms with van der Waals surface area (Å²) >= 11 is 1.61. The van der Waals surface area contributed by atoms with Crippen LogP contribution in [0.2, 0.25) is 0 Å². The molecular weight excluding hydrogens is 422 g/mol. The molecule has 2 fully saturated rings. The third-order valence-corrected chi connectivity index (χ3v) is 8.39. The van der Waals surface area contributed by atoms with Gasteiger partial charge in [0.25, 0.3) is 0 Å². The number of thiophene rings is 1. The molecule has 2 amide bonds. The van der Waals surface area contributed by atoms with Gasteiger partial charge >= 0.3 is 0 Å². The Morgan fingerprint density at radius 1 is 1.23 bits per heavy atom. The Bertz CT molecular complexity index is 832. The van der Waals surface area contributed by atoms with E-state index in [1.807, 2.05) is 17.5 Å². The summed E-state index contributed by atoms with van der Waals surface area (Å²) in [5, 5.41) is 5.15. The fourth-order valence-corrected chi connectivity index (χ4v) is 5.94. The number of hydrogen-bond acceptors (Lipinski definition) is 5. The van der Waals surface area contributed by atoms with Gasteiger partial charge in [-0.15, -0.1) is 11.3 Å². The van der Waals surface area contributed by atoms with Gasteiger partial charge in [-0.1, -0.05) is 38.2 Å². The fourth-order valence-electron chi connectivity index (χ4n) is 4.41. The summed E-state index contributed by atoms with van der Waals surface area (Å²) in [5.41, 5.74) is -1.22. The summed E-state index contributed by atoms with van der Waals surface area (Å²) < 4.78 is 25.5. The summed E-state index contributed by atoms with van der Waals surface area (Å²) in [6.07, 6.45) is 9.36. The van der Waals surface area contributed by atoms with E-state index in [4.69, 9.17) is 0 Å². The normalized spacial score (nSPS) is 25.0. The number of sulfonamides is 1. The summed E-state index contributed by atoms with van der Waals surface area (Å²) in [4.78, 5) is 29.1. The minimum Gasteiger partial charge on any atom is -0.351 e. The second-order valence-electron chi connectivity index (χ2n) is 8.70. The topological polar surface area (TPSA) is 86.8 Å². The van der Waals surface area contributed by atoms with E-state index >= 15 is 0 Å². The number of amides is 2. The number of rotatable bonds is 6. The van der Waals surface area contributed by atoms with Gasteiger partial charge in [0.2, 0.25) is 21.8 Å². The molecule has 1 N–H and O–H groups in total. The maximum atomic E-state index is 13.5. The quantitative estimate of drug-likeness (QED) is 0.714. The molecule has 30 heavy (non-hydrogen) atoms. The molecule has 0 bridgehead atoms. The molecule has 1 aromatic heterocycles. The van der Waals surface area contributed by atoms with Crippen molar-refractivity contribution < 1.29 is 18.0 Å². The lowest BCUT2D eigenvalue weighted by Crippen LogP contribution is -2.70. The summed E-state index contributed by atoms with van der Waals surface area (Å²) in [5.74, 6) is -0.570. The molecule has 2 aliphatic rings. The van der Waals surface area contributed by atoms with Crippen molar-refractivity contribution in [3.63, 3.8) is 0 Å². The van der Waals surface area contributed by atoms with Gasteiger partial charge in [-0.25, -0.2) is 8.42 Å². The molecule has 1 aliphatic carbocycles. The van der Waals surface area contributed by atoms with E-state index in [9.17, 15) is 18.0 Å². The Kier molecular flexibility index (Phi) is 7.57. The average Bonchev–Trinajstić information content (AvgIpc) is 3.15. The van der Waals surface area contributed by atoms with Crippen LogP contribution in [0.1, 0.15) is 56.7 Å². The van der Waals surface area contributed by atoms with Crippen LogP contribution < -0.4 is 5.32 Å². The number of carbonyl (C=O) groups excluding carboxylic acids is 2. The van der Waals surface area contributed by atoms with Crippen LogP contribution in [0.25, 0.3) is 0 Å². The van der Waals surface area contributed by atoms with Crippen LogP contribution in [0.3, 0.4) is 0 Å². The Balaban J connectivity index is 1.80. The molecule has 1 atom stereocenters. The molecule has 1 aromatic rings. The van der Waals surface area contributed by atoms with Gasteiger partial charge in [0.1, 0.15) is 5.54 Å². The van der Waals surface area contributed by atoms with Crippen molar-refractivity contribution in [2.45, 2.75) is 69.9 Å². The van der Waals surface area contributed by atoms with Crippen LogP contribution in [0.5, 0.6) is 0 Å². The van der Waals surface area contributed by atoms with E-state index < -0.39 is 15.6 Å². The molecule has 1 saturated carbocycles. The third-order valence-electron chi connectivity index (χ3n) is 6.25. The first-order valence-electron chi connectivity index (χ1n) is 10.8. The molecule has 2 heterocycles. The Hall–Kier alpha value is -1.45. The van der Waals surface area contributed by atoms with Gasteiger partial charge in [-0.3, -0.25) is 9.59 Å². The molecule has 1 saturated heterocycles. The standard InChI is InChI=1S/C21H33N3O4S2/c1-21(20(26)22-17-9-6-4-3-5-7-10-17)16-23(30(2,27)28)15-19(25)24(21)13-12-18-11-8-14-29-18/h8,11,14,17H,3-7,9-10,12-13,15-16H2,1-2H3,(H,22,26). The number of nitrogens with zero attached hydrogens (tertiary/aromatic N) is 2. The number of hydrogen-bond donors (Lipinski definition) is 1. The minimum atomic E-state index is -3.58. The SMILES string of the molecule is CC1(C(=O)NC2CCCCCCC2)CN(S(C)(=O)=O)CC(=O)N1CCc1cccs1. The first kappa shape index (κ1) is 23.2. The van der Waals surface area contributed by atoms with Crippen LogP contribution in [-0.2, 0) is 26.0 Å². The second kappa shape index (κ2) is 9.78. The van der Waals surface area contributed by atoms with Crippen molar-refractivity contribution in [3.8, 4) is 0 Å². The fraction of sp³-hybridized carbons (Fsp3) is 0.714. The Morgan fingerprint density at radius 3 is 2.50 bits per heavy atom. The van der Waals surface area contributed by atoms with Gasteiger partial charge in [0, 0.05) is 24.0 Å². The van der Waals surface area contributed by atoms with Gasteiger partial charge in [0.05, 0.1) is 12.8 Å². The van der Waals surface area contributed by atoms with E-state index in [0.29, 0.717) is 13.0 Å². The smallest absolute Gasteiger partial charge is 0.247 e. The van der Waals surface area contributed by atoms with Crippen molar-refractivity contribution in [1.29, 1.82) is 0 Å². The van der Waals surface area contributed by atoms with Crippen LogP contribution in [0, 0.1) is 0 Å². The van der Waals surface area contributed by atoms with E-state index in [1.54, 1.807) is 23.2 Å². The first-order chi connectivity index (χ1) is 14.2. The van der Waals surface area contributed by atoms with Crippen molar-refractivity contribution in [1.82, 2.24) is 14.5 Å². The molecule has 7 nitrogen and oxygen atoms in total. The van der Waals surface area contributed by atoms with Crippen LogP contribution in [-0.4, -0.2) is 66.9 Å². The zero-order chi connectivity index (χ0) is 21.8. The lowest BCUT2D eigenvalue weighted by Gasteiger charge is -2.47. The Labute approximate surface area is 183 Å². The zero-order valence-corrected chi connectivity index (χ0v) is 19.6. The van der Waals surface area contributed by atoms with Gasteiger partial charge in [-0.05, 0) is 37.6 Å². The number of carbonyl (C=O) groups is 2. The van der Waals surface area contributed by atoms with Crippen LogP contribution in [0.15, 0.2) is 17.5 Å². The molecule has 1 aliphatic heterocycles. The highest BCUT2D eigenvalue weighted by atomic mass is 32.2. The third kappa shape index (κ3) is 5.62. The average molecular weight is 456 g/mol. The lowest BCUT2D eigenvalue weighted by molar-refractivity contribution is -0.153. The molecule has 0 radical (unpaired) electrons. The zero-order valence-electron chi connectivity index (χ0n) is 17.9. The molecule has 3 rings (SSSR count). The maximum absolute atomic E-state index is 13.5. The van der Waals surface area contributed by atoms with E-state index in [1.165, 1.54) is 19.3 Å². The molecule has 168 valence electrons. The minimum absolute atomic E-state index is 0.0133. The van der Waals surface area contributed by atoms with Crippen molar-refractivity contribution >= 4 is 33.2 Å². The van der Waals surface area contributed by atoms with E-state index in [-0.39, 0.29) is 30.9 Å². The van der Waals surface area contributed by atoms with Gasteiger partial charge < -0.3 is 10.2 Å². The molecule has 1 unspecified atom stereocenters. The summed E-state index contributed by atoms with van der Waals surface area (Å²) in [6, 6.07) is 4.05. The highest BCUT2D eigenvalue weighted by Gasteiger charge is 2.49. The van der Waals surface area contributed by atoms with Crippen molar-refractivity contribution in [2.24, 2.45) is 0 Å². The molecule has 0 aromatic carbocycles. The van der Waals surface area contributed by atoms with Crippen LogP contribution >= 0.6 is 11.3 Å². The van der Waals surface area contributed by atoms with Crippen molar-refractivity contribution in [3.05, 3.63) is 22.4 Å². The number of nitrogens with one attached hydrogen (secondary N) is 1. The maximum Gasteiger partial charge on any atom is 0.247 e. The van der Waals surface area contributed by atoms with Crippen LogP contribution in [0.4, 0.5) is 0 Å². The predicted octanol–water partition coefficient (Wildman–Crippen LogP) is 2.38. The van der Waals surface area contributed by atoms with E-state index in [0.717, 1.165) is 41.1 Å². The highest BCUT2D eigenvalue weighted by Crippen LogP contribution is 2.27. The molecular formula is C21H33N3O4S2. The summed E-state index contributed by atoms with van der Waals surface area (Å²) in [7, 11) is -3.58. The van der Waals surface area contributed by atoms with E-state index in [2.05, 4.69) is 5.32 Å². The monoisotopic (exact) mass is 455 g/mol. The first-order valence-corrected chi connectivity index (χ1v) is 13.5. The lowest BCUT2D eigenvalue weighted by atomic mass is 9.92. The second-order valence-corrected chi connectivity index (χ2v) is 11.7. The molecule has 0 spiro atoms. The largest absolute Gasteiger partial charge is 0.351 e. The highest BCUT2D eigenvalue weighted by molar-refractivity contribution is 7.88. The van der Waals surface area contributed by atoms with Gasteiger partial charge in [-0.2, -0.15) is 4.31 Å². The molecule has 9 heteroatoms. The van der Waals surface area contributed by atoms with Gasteiger partial charge in [0.15, 0.2) is 0 Å².